The molecule has 0 heterocycles. The summed E-state index contributed by atoms with van der Waals surface area (Å²) in [4.78, 5) is 23.8. The summed E-state index contributed by atoms with van der Waals surface area (Å²) >= 11 is 0. The van der Waals surface area contributed by atoms with Gasteiger partial charge in [-0.25, -0.2) is 0 Å². The van der Waals surface area contributed by atoms with Crippen LogP contribution in [0.5, 0.6) is 0 Å². The van der Waals surface area contributed by atoms with E-state index in [1.807, 2.05) is 6.92 Å². The second-order valence-electron chi connectivity index (χ2n) is 4.06. The lowest BCUT2D eigenvalue weighted by Gasteiger charge is -2.21. The minimum Gasteiger partial charge on any atom is -0.481 e. The molecule has 5 nitrogen and oxygen atoms in total. The first kappa shape index (κ1) is 13.0. The second kappa shape index (κ2) is 6.48. The van der Waals surface area contributed by atoms with Crippen molar-refractivity contribution in [1.82, 2.24) is 4.90 Å². The molecule has 1 amide bonds. The summed E-state index contributed by atoms with van der Waals surface area (Å²) in [7, 11) is 0. The summed E-state index contributed by atoms with van der Waals surface area (Å²) in [5.41, 5.74) is 0. The van der Waals surface area contributed by atoms with Gasteiger partial charge in [-0.2, -0.15) is 0 Å². The standard InChI is InChI=1S/C11H19NO4/c1-2-16-8-10(13)12(6-5-11(14)15)7-9-3-4-9/h9H,2-8H2,1H3,(H,14,15). The van der Waals surface area contributed by atoms with Crippen molar-refractivity contribution in [1.29, 1.82) is 0 Å². The Bertz CT molecular complexity index is 250. The molecule has 1 fully saturated rings. The Kier molecular flexibility index (Phi) is 5.25. The molecule has 0 aliphatic heterocycles. The minimum atomic E-state index is -0.870. The minimum absolute atomic E-state index is 0.00455. The maximum Gasteiger partial charge on any atom is 0.305 e. The molecule has 0 saturated heterocycles. The van der Waals surface area contributed by atoms with Crippen LogP contribution in [0.4, 0.5) is 0 Å². The summed E-state index contributed by atoms with van der Waals surface area (Å²) in [6.45, 7) is 3.36. The van der Waals surface area contributed by atoms with Crippen LogP contribution in [-0.2, 0) is 14.3 Å². The highest BCUT2D eigenvalue weighted by Gasteiger charge is 2.26. The molecule has 1 aliphatic rings. The topological polar surface area (TPSA) is 66.8 Å². The number of carboxylic acid groups (broad SMARTS) is 1. The molecule has 0 atom stereocenters. The third-order valence-corrected chi connectivity index (χ3v) is 2.55. The molecule has 0 aromatic heterocycles. The van der Waals surface area contributed by atoms with Gasteiger partial charge in [-0.3, -0.25) is 9.59 Å². The maximum absolute atomic E-state index is 11.7. The second-order valence-corrected chi connectivity index (χ2v) is 4.06. The lowest BCUT2D eigenvalue weighted by molar-refractivity contribution is -0.140. The Morgan fingerprint density at radius 3 is 2.62 bits per heavy atom. The average Bonchev–Trinajstić information content (AvgIpc) is 3.04. The van der Waals surface area contributed by atoms with Gasteiger partial charge < -0.3 is 14.7 Å². The summed E-state index contributed by atoms with van der Waals surface area (Å²) < 4.78 is 5.05. The number of hydrogen-bond donors (Lipinski definition) is 1. The number of carboxylic acids is 1. The van der Waals surface area contributed by atoms with Gasteiger partial charge in [-0.1, -0.05) is 0 Å². The zero-order chi connectivity index (χ0) is 12.0. The molecule has 92 valence electrons. The van der Waals surface area contributed by atoms with Gasteiger partial charge in [0.15, 0.2) is 0 Å². The van der Waals surface area contributed by atoms with E-state index in [1.54, 1.807) is 4.90 Å². The number of carbonyl (C=O) groups is 2. The third kappa shape index (κ3) is 5.11. The maximum atomic E-state index is 11.7. The van der Waals surface area contributed by atoms with E-state index in [0.717, 1.165) is 12.8 Å². The molecule has 0 aromatic rings. The zero-order valence-electron chi connectivity index (χ0n) is 9.65. The number of amides is 1. The normalized spacial score (nSPS) is 14.8. The molecular formula is C11H19NO4. The van der Waals surface area contributed by atoms with E-state index in [2.05, 4.69) is 0 Å². The third-order valence-electron chi connectivity index (χ3n) is 2.55. The van der Waals surface area contributed by atoms with Gasteiger partial charge in [0.2, 0.25) is 5.91 Å². The fraction of sp³-hybridized carbons (Fsp3) is 0.818. The van der Waals surface area contributed by atoms with E-state index in [4.69, 9.17) is 9.84 Å². The predicted octanol–water partition coefficient (Wildman–Crippen LogP) is 0.736. The highest BCUT2D eigenvalue weighted by Crippen LogP contribution is 2.29. The van der Waals surface area contributed by atoms with Gasteiger partial charge in [0.25, 0.3) is 0 Å². The molecule has 1 N–H and O–H groups in total. The predicted molar refractivity (Wildman–Crippen MR) is 58.0 cm³/mol. The summed E-state index contributed by atoms with van der Waals surface area (Å²) in [5, 5.41) is 8.60. The van der Waals surface area contributed by atoms with Crippen molar-refractivity contribution in [2.75, 3.05) is 26.3 Å². The summed E-state index contributed by atoms with van der Waals surface area (Å²) in [6.07, 6.45) is 2.29. The highest BCUT2D eigenvalue weighted by molar-refractivity contribution is 5.78. The van der Waals surface area contributed by atoms with Crippen LogP contribution in [0.2, 0.25) is 0 Å². The van der Waals surface area contributed by atoms with E-state index >= 15 is 0 Å². The van der Waals surface area contributed by atoms with E-state index in [9.17, 15) is 9.59 Å². The van der Waals surface area contributed by atoms with Crippen molar-refractivity contribution >= 4 is 11.9 Å². The lowest BCUT2D eigenvalue weighted by atomic mass is 10.3. The average molecular weight is 229 g/mol. The van der Waals surface area contributed by atoms with Crippen molar-refractivity contribution in [2.45, 2.75) is 26.2 Å². The van der Waals surface area contributed by atoms with Crippen molar-refractivity contribution in [2.24, 2.45) is 5.92 Å². The first-order valence-electron chi connectivity index (χ1n) is 5.70. The van der Waals surface area contributed by atoms with Crippen molar-refractivity contribution in [3.8, 4) is 0 Å². The monoisotopic (exact) mass is 229 g/mol. The largest absolute Gasteiger partial charge is 0.481 e. The Labute approximate surface area is 95.4 Å². The first-order chi connectivity index (χ1) is 7.63. The zero-order valence-corrected chi connectivity index (χ0v) is 9.65. The molecule has 0 aromatic carbocycles. The molecule has 1 saturated carbocycles. The molecular weight excluding hydrogens is 210 g/mol. The van der Waals surface area contributed by atoms with Crippen molar-refractivity contribution < 1.29 is 19.4 Å². The number of carbonyl (C=O) groups excluding carboxylic acids is 1. The smallest absolute Gasteiger partial charge is 0.305 e. The van der Waals surface area contributed by atoms with Crippen LogP contribution in [0.1, 0.15) is 26.2 Å². The van der Waals surface area contributed by atoms with Crippen LogP contribution in [0.3, 0.4) is 0 Å². The van der Waals surface area contributed by atoms with Crippen LogP contribution < -0.4 is 0 Å². The Hall–Kier alpha value is -1.10. The van der Waals surface area contributed by atoms with Crippen LogP contribution in [0.25, 0.3) is 0 Å². The molecule has 0 bridgehead atoms. The number of rotatable bonds is 8. The number of nitrogens with zero attached hydrogens (tertiary/aromatic N) is 1. The van der Waals surface area contributed by atoms with E-state index in [0.29, 0.717) is 19.1 Å². The number of ether oxygens (including phenoxy) is 1. The van der Waals surface area contributed by atoms with Gasteiger partial charge in [-0.15, -0.1) is 0 Å². The molecule has 0 radical (unpaired) electrons. The van der Waals surface area contributed by atoms with E-state index in [1.165, 1.54) is 0 Å². The van der Waals surface area contributed by atoms with E-state index < -0.39 is 5.97 Å². The Balaban J connectivity index is 2.34. The SMILES string of the molecule is CCOCC(=O)N(CCC(=O)O)CC1CC1. The molecule has 0 spiro atoms. The number of aliphatic carboxylic acids is 1. The summed E-state index contributed by atoms with van der Waals surface area (Å²) in [6, 6.07) is 0. The van der Waals surface area contributed by atoms with Crippen LogP contribution in [0, 0.1) is 5.92 Å². The fourth-order valence-electron chi connectivity index (χ4n) is 1.44. The Morgan fingerprint density at radius 2 is 2.12 bits per heavy atom. The van der Waals surface area contributed by atoms with Crippen LogP contribution in [0.15, 0.2) is 0 Å². The van der Waals surface area contributed by atoms with Crippen LogP contribution >= 0.6 is 0 Å². The lowest BCUT2D eigenvalue weighted by Crippen LogP contribution is -2.37. The van der Waals surface area contributed by atoms with Crippen molar-refractivity contribution in [3.05, 3.63) is 0 Å². The van der Waals surface area contributed by atoms with Gasteiger partial charge >= 0.3 is 5.97 Å². The van der Waals surface area contributed by atoms with E-state index in [-0.39, 0.29) is 25.5 Å². The summed E-state index contributed by atoms with van der Waals surface area (Å²) in [5.74, 6) is -0.403. The molecule has 1 aliphatic carbocycles. The van der Waals surface area contributed by atoms with Gasteiger partial charge in [0.05, 0.1) is 6.42 Å². The molecule has 5 heteroatoms. The highest BCUT2D eigenvalue weighted by atomic mass is 16.5. The molecule has 0 unspecified atom stereocenters. The van der Waals surface area contributed by atoms with Crippen LogP contribution in [-0.4, -0.2) is 48.2 Å². The van der Waals surface area contributed by atoms with Crippen molar-refractivity contribution in [3.63, 3.8) is 0 Å². The number of hydrogen-bond acceptors (Lipinski definition) is 3. The molecule has 16 heavy (non-hydrogen) atoms. The molecule has 1 rings (SSSR count). The first-order valence-corrected chi connectivity index (χ1v) is 5.70. The van der Waals surface area contributed by atoms with Gasteiger partial charge in [0.1, 0.15) is 6.61 Å². The fourth-order valence-corrected chi connectivity index (χ4v) is 1.44. The quantitative estimate of drug-likeness (QED) is 0.666. The van der Waals surface area contributed by atoms with Gasteiger partial charge in [-0.05, 0) is 25.7 Å². The Morgan fingerprint density at radius 1 is 1.44 bits per heavy atom. The van der Waals surface area contributed by atoms with Gasteiger partial charge in [0, 0.05) is 19.7 Å².